The normalized spacial score (nSPS) is 12.6. The zero-order valence-corrected chi connectivity index (χ0v) is 14.3. The highest BCUT2D eigenvalue weighted by Gasteiger charge is 2.19. The molecular weight excluding hydrogens is 280 g/mol. The summed E-state index contributed by atoms with van der Waals surface area (Å²) in [7, 11) is 1.73. The van der Waals surface area contributed by atoms with Crippen molar-refractivity contribution >= 4 is 11.3 Å². The molecule has 0 amide bonds. The van der Waals surface area contributed by atoms with Gasteiger partial charge in [0.1, 0.15) is 5.01 Å². The SMILES string of the molecule is COCCNC(c1nc(C)cs1)c1cc(C)c(C)cc1C. The monoisotopic (exact) mass is 304 g/mol. The summed E-state index contributed by atoms with van der Waals surface area (Å²) in [5.41, 5.74) is 6.35. The summed E-state index contributed by atoms with van der Waals surface area (Å²) in [6.45, 7) is 10.0. The van der Waals surface area contributed by atoms with Gasteiger partial charge < -0.3 is 10.1 Å². The van der Waals surface area contributed by atoms with Gasteiger partial charge >= 0.3 is 0 Å². The third-order valence-corrected chi connectivity index (χ3v) is 4.76. The average molecular weight is 304 g/mol. The number of benzene rings is 1. The Kier molecular flexibility index (Phi) is 5.51. The molecule has 0 aliphatic heterocycles. The predicted molar refractivity (Wildman–Crippen MR) is 89.2 cm³/mol. The van der Waals surface area contributed by atoms with E-state index in [1.807, 2.05) is 6.92 Å². The smallest absolute Gasteiger partial charge is 0.114 e. The van der Waals surface area contributed by atoms with Crippen molar-refractivity contribution in [1.29, 1.82) is 0 Å². The fraction of sp³-hybridized carbons (Fsp3) is 0.471. The van der Waals surface area contributed by atoms with Crippen LogP contribution in [0.4, 0.5) is 0 Å². The fourth-order valence-electron chi connectivity index (χ4n) is 2.43. The minimum absolute atomic E-state index is 0.137. The molecule has 2 rings (SSSR count). The first-order valence-corrected chi connectivity index (χ1v) is 8.13. The molecule has 0 bridgehead atoms. The van der Waals surface area contributed by atoms with Gasteiger partial charge in [0.15, 0.2) is 0 Å². The molecule has 0 saturated heterocycles. The summed E-state index contributed by atoms with van der Waals surface area (Å²) in [4.78, 5) is 4.67. The van der Waals surface area contributed by atoms with E-state index in [0.29, 0.717) is 6.61 Å². The van der Waals surface area contributed by atoms with Crippen molar-refractivity contribution in [3.8, 4) is 0 Å². The lowest BCUT2D eigenvalue weighted by atomic mass is 9.96. The van der Waals surface area contributed by atoms with Crippen molar-refractivity contribution < 1.29 is 4.74 Å². The lowest BCUT2D eigenvalue weighted by Crippen LogP contribution is -2.26. The van der Waals surface area contributed by atoms with Gasteiger partial charge in [-0.3, -0.25) is 0 Å². The number of aromatic nitrogens is 1. The predicted octanol–water partition coefficient (Wildman–Crippen LogP) is 3.70. The summed E-state index contributed by atoms with van der Waals surface area (Å²) >= 11 is 1.71. The summed E-state index contributed by atoms with van der Waals surface area (Å²) in [5.74, 6) is 0. The number of aryl methyl sites for hydroxylation is 4. The van der Waals surface area contributed by atoms with Crippen LogP contribution in [0.1, 0.15) is 39.0 Å². The van der Waals surface area contributed by atoms with Crippen LogP contribution in [0.2, 0.25) is 0 Å². The standard InChI is InChI=1S/C17H24N2OS/c1-11-8-13(3)15(9-12(11)2)16(18-6-7-20-5)17-19-14(4)10-21-17/h8-10,16,18H,6-7H2,1-5H3. The van der Waals surface area contributed by atoms with Crippen LogP contribution in [0.15, 0.2) is 17.5 Å². The van der Waals surface area contributed by atoms with Crippen molar-refractivity contribution in [2.45, 2.75) is 33.7 Å². The first kappa shape index (κ1) is 16.1. The molecular formula is C17H24N2OS. The molecule has 0 saturated carbocycles. The molecule has 1 aromatic heterocycles. The van der Waals surface area contributed by atoms with E-state index in [0.717, 1.165) is 17.2 Å². The molecule has 114 valence electrons. The fourth-order valence-corrected chi connectivity index (χ4v) is 3.32. The largest absolute Gasteiger partial charge is 0.383 e. The van der Waals surface area contributed by atoms with Crippen LogP contribution in [0, 0.1) is 27.7 Å². The van der Waals surface area contributed by atoms with Gasteiger partial charge in [-0.25, -0.2) is 4.98 Å². The molecule has 0 aliphatic carbocycles. The van der Waals surface area contributed by atoms with Crippen LogP contribution >= 0.6 is 11.3 Å². The minimum atomic E-state index is 0.137. The van der Waals surface area contributed by atoms with E-state index in [9.17, 15) is 0 Å². The van der Waals surface area contributed by atoms with Crippen molar-refractivity contribution in [2.24, 2.45) is 0 Å². The molecule has 0 spiro atoms. The third-order valence-electron chi connectivity index (χ3n) is 3.73. The highest BCUT2D eigenvalue weighted by Crippen LogP contribution is 2.29. The summed E-state index contributed by atoms with van der Waals surface area (Å²) in [6, 6.07) is 4.68. The van der Waals surface area contributed by atoms with Gasteiger partial charge in [-0.2, -0.15) is 0 Å². The van der Waals surface area contributed by atoms with Gasteiger partial charge in [0.2, 0.25) is 0 Å². The number of thiazole rings is 1. The van der Waals surface area contributed by atoms with Gasteiger partial charge in [0.25, 0.3) is 0 Å². The van der Waals surface area contributed by atoms with Crippen molar-refractivity contribution in [2.75, 3.05) is 20.3 Å². The lowest BCUT2D eigenvalue weighted by Gasteiger charge is -2.20. The molecule has 2 aromatic rings. The van der Waals surface area contributed by atoms with E-state index in [-0.39, 0.29) is 6.04 Å². The van der Waals surface area contributed by atoms with Gasteiger partial charge in [0, 0.05) is 24.7 Å². The summed E-state index contributed by atoms with van der Waals surface area (Å²) in [5, 5.41) is 6.81. The van der Waals surface area contributed by atoms with E-state index < -0.39 is 0 Å². The maximum absolute atomic E-state index is 5.16. The molecule has 4 heteroatoms. The second kappa shape index (κ2) is 7.16. The highest BCUT2D eigenvalue weighted by molar-refractivity contribution is 7.09. The van der Waals surface area contributed by atoms with E-state index in [4.69, 9.17) is 4.74 Å². The second-order valence-electron chi connectivity index (χ2n) is 5.50. The van der Waals surface area contributed by atoms with Crippen molar-refractivity contribution in [1.82, 2.24) is 10.3 Å². The Morgan fingerprint density at radius 3 is 2.48 bits per heavy atom. The van der Waals surface area contributed by atoms with Crippen LogP contribution in [-0.2, 0) is 4.74 Å². The summed E-state index contributed by atoms with van der Waals surface area (Å²) in [6.07, 6.45) is 0. The van der Waals surface area contributed by atoms with Crippen LogP contribution in [0.25, 0.3) is 0 Å². The molecule has 1 unspecified atom stereocenters. The summed E-state index contributed by atoms with van der Waals surface area (Å²) < 4.78 is 5.16. The molecule has 1 N–H and O–H groups in total. The Balaban J connectivity index is 2.37. The maximum Gasteiger partial charge on any atom is 0.114 e. The Hall–Kier alpha value is -1.23. The molecule has 3 nitrogen and oxygen atoms in total. The number of nitrogens with one attached hydrogen (secondary N) is 1. The molecule has 0 aliphatic rings. The lowest BCUT2D eigenvalue weighted by molar-refractivity contribution is 0.197. The van der Waals surface area contributed by atoms with Crippen LogP contribution in [0.5, 0.6) is 0 Å². The Morgan fingerprint density at radius 2 is 1.86 bits per heavy atom. The first-order chi connectivity index (χ1) is 10.0. The number of rotatable bonds is 6. The Labute approximate surface area is 131 Å². The van der Waals surface area contributed by atoms with Gasteiger partial charge in [0.05, 0.1) is 12.6 Å². The average Bonchev–Trinajstić information content (AvgIpc) is 2.86. The van der Waals surface area contributed by atoms with Crippen molar-refractivity contribution in [3.05, 3.63) is 50.5 Å². The first-order valence-electron chi connectivity index (χ1n) is 7.25. The number of hydrogen-bond donors (Lipinski definition) is 1. The number of methoxy groups -OCH3 is 1. The van der Waals surface area contributed by atoms with E-state index in [1.165, 1.54) is 22.3 Å². The molecule has 1 atom stereocenters. The topological polar surface area (TPSA) is 34.1 Å². The zero-order valence-electron chi connectivity index (χ0n) is 13.5. The Bertz CT molecular complexity index is 607. The van der Waals surface area contributed by atoms with Gasteiger partial charge in [-0.15, -0.1) is 11.3 Å². The van der Waals surface area contributed by atoms with Gasteiger partial charge in [-0.1, -0.05) is 12.1 Å². The molecule has 1 aromatic carbocycles. The zero-order chi connectivity index (χ0) is 15.4. The molecule has 0 radical (unpaired) electrons. The number of nitrogens with zero attached hydrogens (tertiary/aromatic N) is 1. The molecule has 0 fully saturated rings. The number of ether oxygens (including phenoxy) is 1. The third kappa shape index (κ3) is 3.90. The van der Waals surface area contributed by atoms with Gasteiger partial charge in [-0.05, 0) is 49.9 Å². The highest BCUT2D eigenvalue weighted by atomic mass is 32.1. The van der Waals surface area contributed by atoms with Crippen LogP contribution < -0.4 is 5.32 Å². The molecule has 21 heavy (non-hydrogen) atoms. The second-order valence-corrected chi connectivity index (χ2v) is 6.39. The molecule has 1 heterocycles. The quantitative estimate of drug-likeness (QED) is 0.826. The van der Waals surface area contributed by atoms with E-state index in [1.54, 1.807) is 18.4 Å². The van der Waals surface area contributed by atoms with Crippen LogP contribution in [-0.4, -0.2) is 25.2 Å². The van der Waals surface area contributed by atoms with Crippen molar-refractivity contribution in [3.63, 3.8) is 0 Å². The maximum atomic E-state index is 5.16. The van der Waals surface area contributed by atoms with Crippen LogP contribution in [0.3, 0.4) is 0 Å². The Morgan fingerprint density at radius 1 is 1.14 bits per heavy atom. The number of hydrogen-bond acceptors (Lipinski definition) is 4. The minimum Gasteiger partial charge on any atom is -0.383 e. The van der Waals surface area contributed by atoms with E-state index in [2.05, 4.69) is 48.6 Å². The van der Waals surface area contributed by atoms with E-state index >= 15 is 0 Å².